The summed E-state index contributed by atoms with van der Waals surface area (Å²) in [7, 11) is 0. The molecule has 1 N–H and O–H groups in total. The van der Waals surface area contributed by atoms with Crippen LogP contribution in [0, 0.1) is 0 Å². The Kier molecular flexibility index (Phi) is 5.58. The Hall–Kier alpha value is -2.07. The number of halogens is 1. The molecule has 0 bridgehead atoms. The highest BCUT2D eigenvalue weighted by molar-refractivity contribution is 9.10. The van der Waals surface area contributed by atoms with Crippen molar-refractivity contribution in [1.82, 2.24) is 0 Å². The minimum atomic E-state index is -0.177. The molecule has 3 nitrogen and oxygen atoms in total. The Balaban J connectivity index is 2.09. The smallest absolute Gasteiger partial charge is 0.248 e. The minimum Gasteiger partial charge on any atom is -0.493 e. The number of para-hydroxylation sites is 1. The molecule has 0 radical (unpaired) electrons. The van der Waals surface area contributed by atoms with E-state index in [4.69, 9.17) is 4.74 Å². The molecule has 1 amide bonds. The Morgan fingerprint density at radius 1 is 1.24 bits per heavy atom. The zero-order chi connectivity index (χ0) is 15.1. The Morgan fingerprint density at radius 2 is 2.00 bits per heavy atom. The van der Waals surface area contributed by atoms with Crippen molar-refractivity contribution in [2.75, 3.05) is 11.9 Å². The number of benzene rings is 2. The van der Waals surface area contributed by atoms with Gasteiger partial charge >= 0.3 is 0 Å². The largest absolute Gasteiger partial charge is 0.493 e. The SMILES string of the molecule is CCOc1ccc(Br)cc1C=CC(=O)Nc1ccccc1. The zero-order valence-electron chi connectivity index (χ0n) is 11.7. The zero-order valence-corrected chi connectivity index (χ0v) is 13.3. The van der Waals surface area contributed by atoms with Crippen molar-refractivity contribution in [2.24, 2.45) is 0 Å². The lowest BCUT2D eigenvalue weighted by Crippen LogP contribution is -2.07. The Morgan fingerprint density at radius 3 is 2.71 bits per heavy atom. The van der Waals surface area contributed by atoms with E-state index in [0.29, 0.717) is 6.61 Å². The lowest BCUT2D eigenvalue weighted by Gasteiger charge is -2.07. The molecule has 4 heteroatoms. The van der Waals surface area contributed by atoms with E-state index in [1.165, 1.54) is 6.08 Å². The molecule has 108 valence electrons. The number of anilines is 1. The topological polar surface area (TPSA) is 38.3 Å². The number of carbonyl (C=O) groups is 1. The first-order chi connectivity index (χ1) is 10.2. The Labute approximate surface area is 132 Å². The van der Waals surface area contributed by atoms with Crippen LogP contribution < -0.4 is 10.1 Å². The van der Waals surface area contributed by atoms with E-state index in [2.05, 4.69) is 21.2 Å². The van der Waals surface area contributed by atoms with Gasteiger partial charge in [0.05, 0.1) is 6.61 Å². The minimum absolute atomic E-state index is 0.177. The second-order valence-electron chi connectivity index (χ2n) is 4.30. The molecule has 21 heavy (non-hydrogen) atoms. The summed E-state index contributed by atoms with van der Waals surface area (Å²) in [4.78, 5) is 11.9. The van der Waals surface area contributed by atoms with Gasteiger partial charge in [-0.1, -0.05) is 34.1 Å². The number of hydrogen-bond donors (Lipinski definition) is 1. The average molecular weight is 346 g/mol. The van der Waals surface area contributed by atoms with Crippen LogP contribution in [0.5, 0.6) is 5.75 Å². The van der Waals surface area contributed by atoms with Crippen LogP contribution in [0.3, 0.4) is 0 Å². The first-order valence-corrected chi connectivity index (χ1v) is 7.45. The first kappa shape index (κ1) is 15.3. The van der Waals surface area contributed by atoms with E-state index in [0.717, 1.165) is 21.5 Å². The molecule has 0 atom stereocenters. The summed E-state index contributed by atoms with van der Waals surface area (Å²) in [5.41, 5.74) is 1.63. The van der Waals surface area contributed by atoms with Gasteiger partial charge in [0.15, 0.2) is 0 Å². The fourth-order valence-electron chi connectivity index (χ4n) is 1.81. The van der Waals surface area contributed by atoms with E-state index < -0.39 is 0 Å². The highest BCUT2D eigenvalue weighted by Crippen LogP contribution is 2.24. The van der Waals surface area contributed by atoms with Crippen molar-refractivity contribution in [2.45, 2.75) is 6.92 Å². The van der Waals surface area contributed by atoms with Crippen LogP contribution in [0.4, 0.5) is 5.69 Å². The normalized spacial score (nSPS) is 10.6. The fraction of sp³-hybridized carbons (Fsp3) is 0.118. The lowest BCUT2D eigenvalue weighted by molar-refractivity contribution is -0.111. The van der Waals surface area contributed by atoms with Gasteiger partial charge in [-0.2, -0.15) is 0 Å². The predicted octanol–water partition coefficient (Wildman–Crippen LogP) is 4.50. The van der Waals surface area contributed by atoms with E-state index in [-0.39, 0.29) is 5.91 Å². The highest BCUT2D eigenvalue weighted by Gasteiger charge is 2.02. The maximum absolute atomic E-state index is 11.9. The number of nitrogens with one attached hydrogen (secondary N) is 1. The number of carbonyl (C=O) groups excluding carboxylic acids is 1. The summed E-state index contributed by atoms with van der Waals surface area (Å²) in [5.74, 6) is 0.577. The Bertz CT molecular complexity index is 638. The van der Waals surface area contributed by atoms with Crippen LogP contribution in [0.25, 0.3) is 6.08 Å². The van der Waals surface area contributed by atoms with Gasteiger partial charge < -0.3 is 10.1 Å². The molecular formula is C17H16BrNO2. The average Bonchev–Trinajstić information content (AvgIpc) is 2.49. The molecule has 0 aliphatic rings. The van der Waals surface area contributed by atoms with Gasteiger partial charge in [-0.15, -0.1) is 0 Å². The molecule has 0 saturated heterocycles. The number of rotatable bonds is 5. The van der Waals surface area contributed by atoms with Crippen molar-refractivity contribution in [1.29, 1.82) is 0 Å². The van der Waals surface area contributed by atoms with Crippen LogP contribution in [0.1, 0.15) is 12.5 Å². The van der Waals surface area contributed by atoms with Crippen molar-refractivity contribution in [3.63, 3.8) is 0 Å². The summed E-state index contributed by atoms with van der Waals surface area (Å²) in [6, 6.07) is 15.0. The maximum Gasteiger partial charge on any atom is 0.248 e. The van der Waals surface area contributed by atoms with Crippen molar-refractivity contribution < 1.29 is 9.53 Å². The molecule has 2 rings (SSSR count). The molecule has 0 aromatic heterocycles. The van der Waals surface area contributed by atoms with Gasteiger partial charge in [-0.25, -0.2) is 0 Å². The molecule has 0 heterocycles. The predicted molar refractivity (Wildman–Crippen MR) is 89.4 cm³/mol. The van der Waals surface area contributed by atoms with E-state index in [1.807, 2.05) is 55.5 Å². The molecule has 0 spiro atoms. The molecule has 0 fully saturated rings. The number of ether oxygens (including phenoxy) is 1. The second-order valence-corrected chi connectivity index (χ2v) is 5.22. The fourth-order valence-corrected chi connectivity index (χ4v) is 2.19. The molecule has 2 aromatic carbocycles. The van der Waals surface area contributed by atoms with E-state index in [9.17, 15) is 4.79 Å². The van der Waals surface area contributed by atoms with Crippen molar-refractivity contribution in [3.05, 3.63) is 64.6 Å². The van der Waals surface area contributed by atoms with Crippen molar-refractivity contribution >= 4 is 33.6 Å². The van der Waals surface area contributed by atoms with Gasteiger partial charge in [0.1, 0.15) is 5.75 Å². The maximum atomic E-state index is 11.9. The van der Waals surface area contributed by atoms with E-state index in [1.54, 1.807) is 6.08 Å². The van der Waals surface area contributed by atoms with Crippen molar-refractivity contribution in [3.8, 4) is 5.75 Å². The second kappa shape index (κ2) is 7.64. The molecule has 0 saturated carbocycles. The summed E-state index contributed by atoms with van der Waals surface area (Å²) >= 11 is 3.42. The van der Waals surface area contributed by atoms with Crippen LogP contribution in [-0.2, 0) is 4.79 Å². The standard InChI is InChI=1S/C17H16BrNO2/c1-2-21-16-10-9-14(18)12-13(16)8-11-17(20)19-15-6-4-3-5-7-15/h3-12H,2H2,1H3,(H,19,20). The van der Waals surface area contributed by atoms with Crippen LogP contribution in [0.15, 0.2) is 59.1 Å². The molecule has 0 aliphatic heterocycles. The van der Waals surface area contributed by atoms with Gasteiger partial charge in [0.2, 0.25) is 5.91 Å². The van der Waals surface area contributed by atoms with Crippen LogP contribution in [0.2, 0.25) is 0 Å². The third-order valence-corrected chi connectivity index (χ3v) is 3.22. The van der Waals surface area contributed by atoms with E-state index >= 15 is 0 Å². The molecule has 0 unspecified atom stereocenters. The summed E-state index contributed by atoms with van der Waals surface area (Å²) in [6.07, 6.45) is 3.24. The van der Waals surface area contributed by atoms with Gasteiger partial charge in [0, 0.05) is 21.8 Å². The third-order valence-electron chi connectivity index (χ3n) is 2.73. The third kappa shape index (κ3) is 4.76. The summed E-state index contributed by atoms with van der Waals surface area (Å²) in [6.45, 7) is 2.51. The summed E-state index contributed by atoms with van der Waals surface area (Å²) < 4.78 is 6.48. The van der Waals surface area contributed by atoms with Gasteiger partial charge in [-0.3, -0.25) is 4.79 Å². The van der Waals surface area contributed by atoms with Crippen LogP contribution >= 0.6 is 15.9 Å². The monoisotopic (exact) mass is 345 g/mol. The highest BCUT2D eigenvalue weighted by atomic mass is 79.9. The number of hydrogen-bond acceptors (Lipinski definition) is 2. The molecule has 0 aliphatic carbocycles. The molecule has 2 aromatic rings. The molecular weight excluding hydrogens is 330 g/mol. The van der Waals surface area contributed by atoms with Gasteiger partial charge in [-0.05, 0) is 43.3 Å². The first-order valence-electron chi connectivity index (χ1n) is 6.65. The lowest BCUT2D eigenvalue weighted by atomic mass is 10.2. The van der Waals surface area contributed by atoms with Gasteiger partial charge in [0.25, 0.3) is 0 Å². The number of amides is 1. The summed E-state index contributed by atoms with van der Waals surface area (Å²) in [5, 5.41) is 2.80. The van der Waals surface area contributed by atoms with Crippen LogP contribution in [-0.4, -0.2) is 12.5 Å². The quantitative estimate of drug-likeness (QED) is 0.810.